The number of benzene rings is 1. The van der Waals surface area contributed by atoms with Crippen LogP contribution < -0.4 is 14.8 Å². The summed E-state index contributed by atoms with van der Waals surface area (Å²) in [5.41, 5.74) is 1.02. The molecule has 0 saturated heterocycles. The van der Waals surface area contributed by atoms with Gasteiger partial charge in [-0.25, -0.2) is 0 Å². The van der Waals surface area contributed by atoms with Crippen LogP contribution >= 0.6 is 11.6 Å². The zero-order chi connectivity index (χ0) is 16.8. The second-order valence-corrected chi connectivity index (χ2v) is 6.22. The minimum Gasteiger partial charge on any atom is -0.493 e. The first kappa shape index (κ1) is 17.9. The van der Waals surface area contributed by atoms with Gasteiger partial charge in [-0.2, -0.15) is 0 Å². The van der Waals surface area contributed by atoms with Crippen molar-refractivity contribution in [1.82, 2.24) is 5.32 Å². The van der Waals surface area contributed by atoms with Gasteiger partial charge >= 0.3 is 5.97 Å². The van der Waals surface area contributed by atoms with E-state index in [9.17, 15) is 4.79 Å². The van der Waals surface area contributed by atoms with Gasteiger partial charge in [0.25, 0.3) is 0 Å². The van der Waals surface area contributed by atoms with Crippen molar-refractivity contribution in [3.8, 4) is 11.5 Å². The Morgan fingerprint density at radius 1 is 1.35 bits per heavy atom. The van der Waals surface area contributed by atoms with Gasteiger partial charge in [0.15, 0.2) is 11.5 Å². The van der Waals surface area contributed by atoms with E-state index in [1.165, 1.54) is 0 Å². The Hall–Kier alpha value is -1.46. The molecule has 0 radical (unpaired) electrons. The summed E-state index contributed by atoms with van der Waals surface area (Å²) in [5, 5.41) is 13.0. The number of hydrogen-bond acceptors (Lipinski definition) is 4. The van der Waals surface area contributed by atoms with E-state index in [0.717, 1.165) is 31.2 Å². The average molecular weight is 342 g/mol. The maximum Gasteiger partial charge on any atom is 0.306 e. The molecule has 0 aliphatic heterocycles. The lowest BCUT2D eigenvalue weighted by atomic mass is 9.86. The van der Waals surface area contributed by atoms with Crippen molar-refractivity contribution in [2.75, 3.05) is 13.7 Å². The van der Waals surface area contributed by atoms with Gasteiger partial charge in [0, 0.05) is 12.6 Å². The van der Waals surface area contributed by atoms with Crippen LogP contribution in [-0.2, 0) is 11.3 Å². The lowest BCUT2D eigenvalue weighted by Crippen LogP contribution is -2.34. The third-order valence-electron chi connectivity index (χ3n) is 4.25. The molecule has 2 rings (SSSR count). The van der Waals surface area contributed by atoms with E-state index in [2.05, 4.69) is 5.32 Å². The fourth-order valence-corrected chi connectivity index (χ4v) is 3.25. The fourth-order valence-electron chi connectivity index (χ4n) is 2.97. The van der Waals surface area contributed by atoms with Gasteiger partial charge in [-0.3, -0.25) is 4.79 Å². The summed E-state index contributed by atoms with van der Waals surface area (Å²) in [6.07, 6.45) is 3.25. The second kappa shape index (κ2) is 8.41. The van der Waals surface area contributed by atoms with E-state index in [4.69, 9.17) is 26.2 Å². The van der Waals surface area contributed by atoms with Gasteiger partial charge in [0.2, 0.25) is 0 Å². The van der Waals surface area contributed by atoms with Crippen molar-refractivity contribution in [3.63, 3.8) is 0 Å². The van der Waals surface area contributed by atoms with Crippen LogP contribution in [0.3, 0.4) is 0 Å². The van der Waals surface area contributed by atoms with Gasteiger partial charge in [-0.05, 0) is 50.3 Å². The Labute approximate surface area is 141 Å². The third kappa shape index (κ3) is 4.75. The molecule has 128 valence electrons. The smallest absolute Gasteiger partial charge is 0.306 e. The van der Waals surface area contributed by atoms with Crippen LogP contribution in [0, 0.1) is 5.92 Å². The Balaban J connectivity index is 1.93. The van der Waals surface area contributed by atoms with Crippen LogP contribution in [0.2, 0.25) is 5.02 Å². The van der Waals surface area contributed by atoms with E-state index in [1.807, 2.05) is 19.1 Å². The number of carboxylic acid groups (broad SMARTS) is 1. The number of hydrogen-bond donors (Lipinski definition) is 2. The predicted molar refractivity (Wildman–Crippen MR) is 89.4 cm³/mol. The zero-order valence-corrected chi connectivity index (χ0v) is 14.4. The number of carbonyl (C=O) groups is 1. The summed E-state index contributed by atoms with van der Waals surface area (Å²) in [7, 11) is 1.60. The number of rotatable bonds is 7. The molecule has 1 aromatic rings. The van der Waals surface area contributed by atoms with Crippen molar-refractivity contribution in [2.24, 2.45) is 5.92 Å². The Morgan fingerprint density at radius 2 is 2.04 bits per heavy atom. The number of carboxylic acids is 1. The normalized spacial score (nSPS) is 21.0. The summed E-state index contributed by atoms with van der Waals surface area (Å²) in [6.45, 7) is 3.10. The zero-order valence-electron chi connectivity index (χ0n) is 13.6. The molecule has 1 aliphatic carbocycles. The standard InChI is InChI=1S/C17H24ClNO4/c1-3-23-16-14(18)8-11(9-15(16)22-2)10-19-13-6-4-12(5-7-13)17(20)21/h8-9,12-13,19H,3-7,10H2,1-2H3,(H,20,21). The maximum atomic E-state index is 11.0. The lowest BCUT2D eigenvalue weighted by molar-refractivity contribution is -0.142. The third-order valence-corrected chi connectivity index (χ3v) is 4.53. The highest BCUT2D eigenvalue weighted by Gasteiger charge is 2.25. The van der Waals surface area contributed by atoms with E-state index < -0.39 is 5.97 Å². The average Bonchev–Trinajstić information content (AvgIpc) is 2.55. The Morgan fingerprint density at radius 3 is 2.61 bits per heavy atom. The largest absolute Gasteiger partial charge is 0.493 e. The molecule has 0 spiro atoms. The molecule has 1 aliphatic rings. The number of ether oxygens (including phenoxy) is 2. The van der Waals surface area contributed by atoms with Crippen LogP contribution in [0.5, 0.6) is 11.5 Å². The number of aliphatic carboxylic acids is 1. The SMILES string of the molecule is CCOc1c(Cl)cc(CNC2CCC(C(=O)O)CC2)cc1OC. The van der Waals surface area contributed by atoms with E-state index >= 15 is 0 Å². The molecule has 5 nitrogen and oxygen atoms in total. The molecule has 0 bridgehead atoms. The topological polar surface area (TPSA) is 67.8 Å². The molecule has 0 heterocycles. The Bertz CT molecular complexity index is 542. The van der Waals surface area contributed by atoms with Crippen LogP contribution in [0.4, 0.5) is 0 Å². The fraction of sp³-hybridized carbons (Fsp3) is 0.588. The summed E-state index contributed by atoms with van der Waals surface area (Å²) in [6, 6.07) is 4.15. The minimum absolute atomic E-state index is 0.187. The number of nitrogens with one attached hydrogen (secondary N) is 1. The van der Waals surface area contributed by atoms with Gasteiger partial charge in [-0.15, -0.1) is 0 Å². The molecular formula is C17H24ClNO4. The maximum absolute atomic E-state index is 11.0. The minimum atomic E-state index is -0.675. The van der Waals surface area contributed by atoms with Gasteiger partial charge < -0.3 is 19.9 Å². The molecule has 1 fully saturated rings. The van der Waals surface area contributed by atoms with Crippen molar-refractivity contribution in [1.29, 1.82) is 0 Å². The van der Waals surface area contributed by atoms with Gasteiger partial charge in [0.05, 0.1) is 24.7 Å². The highest BCUT2D eigenvalue weighted by atomic mass is 35.5. The molecule has 0 aromatic heterocycles. The quantitative estimate of drug-likeness (QED) is 0.794. The van der Waals surface area contributed by atoms with Crippen LogP contribution in [-0.4, -0.2) is 30.8 Å². The monoisotopic (exact) mass is 341 g/mol. The molecule has 6 heteroatoms. The predicted octanol–water partition coefficient (Wildman–Crippen LogP) is 3.48. The summed E-state index contributed by atoms with van der Waals surface area (Å²) in [5.74, 6) is 0.340. The van der Waals surface area contributed by atoms with E-state index in [0.29, 0.717) is 35.7 Å². The van der Waals surface area contributed by atoms with Crippen LogP contribution in [0.15, 0.2) is 12.1 Å². The molecule has 0 unspecified atom stereocenters. The van der Waals surface area contributed by atoms with Crippen molar-refractivity contribution in [3.05, 3.63) is 22.7 Å². The highest BCUT2D eigenvalue weighted by Crippen LogP contribution is 2.36. The molecule has 1 aromatic carbocycles. The molecule has 0 atom stereocenters. The van der Waals surface area contributed by atoms with Gasteiger partial charge in [0.1, 0.15) is 0 Å². The first-order chi connectivity index (χ1) is 11.0. The lowest BCUT2D eigenvalue weighted by Gasteiger charge is -2.27. The molecule has 0 amide bonds. The van der Waals surface area contributed by atoms with E-state index in [-0.39, 0.29) is 5.92 Å². The van der Waals surface area contributed by atoms with Crippen LogP contribution in [0.25, 0.3) is 0 Å². The highest BCUT2D eigenvalue weighted by molar-refractivity contribution is 6.32. The molecular weight excluding hydrogens is 318 g/mol. The summed E-state index contributed by atoms with van der Waals surface area (Å²) >= 11 is 6.27. The van der Waals surface area contributed by atoms with Crippen molar-refractivity contribution < 1.29 is 19.4 Å². The first-order valence-electron chi connectivity index (χ1n) is 8.00. The molecule has 1 saturated carbocycles. The van der Waals surface area contributed by atoms with E-state index in [1.54, 1.807) is 7.11 Å². The van der Waals surface area contributed by atoms with Crippen molar-refractivity contribution >= 4 is 17.6 Å². The summed E-state index contributed by atoms with van der Waals surface area (Å²) in [4.78, 5) is 11.0. The number of methoxy groups -OCH3 is 1. The van der Waals surface area contributed by atoms with Crippen LogP contribution in [0.1, 0.15) is 38.2 Å². The summed E-state index contributed by atoms with van der Waals surface area (Å²) < 4.78 is 10.9. The molecule has 2 N–H and O–H groups in total. The van der Waals surface area contributed by atoms with Crippen molar-refractivity contribution in [2.45, 2.75) is 45.2 Å². The molecule has 23 heavy (non-hydrogen) atoms. The second-order valence-electron chi connectivity index (χ2n) is 5.81. The first-order valence-corrected chi connectivity index (χ1v) is 8.38. The van der Waals surface area contributed by atoms with Gasteiger partial charge in [-0.1, -0.05) is 11.6 Å². The Kier molecular flexibility index (Phi) is 6.54. The number of halogens is 1.